The molecule has 0 saturated heterocycles. The summed E-state index contributed by atoms with van der Waals surface area (Å²) in [4.78, 5) is 13.5. The molecule has 126 valence electrons. The lowest BCUT2D eigenvalue weighted by Gasteiger charge is -2.21. The van der Waals surface area contributed by atoms with Crippen molar-refractivity contribution in [2.75, 3.05) is 18.0 Å². The molecule has 3 aromatic rings. The predicted octanol–water partition coefficient (Wildman–Crippen LogP) is 5.78. The minimum absolute atomic E-state index is 0.317. The number of aromatic nitrogens is 2. The fourth-order valence-corrected chi connectivity index (χ4v) is 4.32. The third-order valence-electron chi connectivity index (χ3n) is 4.54. The molecule has 0 bridgehead atoms. The summed E-state index contributed by atoms with van der Waals surface area (Å²) in [6, 6.07) is 6.63. The topological polar surface area (TPSA) is 29.0 Å². The highest BCUT2D eigenvalue weighted by molar-refractivity contribution is 7.19. The van der Waals surface area contributed by atoms with E-state index in [2.05, 4.69) is 67.7 Å². The van der Waals surface area contributed by atoms with Crippen LogP contribution in [-0.4, -0.2) is 23.1 Å². The van der Waals surface area contributed by atoms with Gasteiger partial charge in [0.05, 0.1) is 5.39 Å². The van der Waals surface area contributed by atoms with E-state index < -0.39 is 0 Å². The average Bonchev–Trinajstić information content (AvgIpc) is 2.87. The first-order valence-corrected chi connectivity index (χ1v) is 9.44. The summed E-state index contributed by atoms with van der Waals surface area (Å²) < 4.78 is 0. The van der Waals surface area contributed by atoms with Gasteiger partial charge in [-0.3, -0.25) is 0 Å². The Bertz CT molecular complexity index is 897. The van der Waals surface area contributed by atoms with E-state index in [9.17, 15) is 0 Å². The number of nitrogens with zero attached hydrogens (tertiary/aromatic N) is 3. The third kappa shape index (κ3) is 2.89. The average molecular weight is 360 g/mol. The van der Waals surface area contributed by atoms with Crippen LogP contribution >= 0.6 is 22.9 Å². The molecule has 1 aromatic carbocycles. The van der Waals surface area contributed by atoms with Crippen LogP contribution in [0.1, 0.15) is 29.9 Å². The van der Waals surface area contributed by atoms with E-state index >= 15 is 0 Å². The van der Waals surface area contributed by atoms with Crippen LogP contribution < -0.4 is 4.90 Å². The molecule has 3 rings (SSSR count). The minimum Gasteiger partial charge on any atom is -0.356 e. The first-order chi connectivity index (χ1) is 11.5. The Morgan fingerprint density at radius 1 is 1.04 bits per heavy atom. The number of thiophene rings is 1. The molecular formula is C19H22ClN3S. The van der Waals surface area contributed by atoms with E-state index in [0.717, 1.165) is 29.1 Å². The van der Waals surface area contributed by atoms with Crippen LogP contribution in [0.4, 0.5) is 5.82 Å². The second kappa shape index (κ2) is 6.69. The molecule has 3 nitrogen and oxygen atoms in total. The van der Waals surface area contributed by atoms with Crippen LogP contribution in [0.3, 0.4) is 0 Å². The van der Waals surface area contributed by atoms with Crippen molar-refractivity contribution in [3.63, 3.8) is 0 Å². The van der Waals surface area contributed by atoms with E-state index in [1.165, 1.54) is 27.1 Å². The summed E-state index contributed by atoms with van der Waals surface area (Å²) in [5.74, 6) is 0.938. The van der Waals surface area contributed by atoms with Crippen LogP contribution in [0, 0.1) is 20.8 Å². The molecule has 0 aliphatic carbocycles. The molecule has 0 aliphatic rings. The van der Waals surface area contributed by atoms with Gasteiger partial charge in [-0.1, -0.05) is 18.2 Å². The van der Waals surface area contributed by atoms with Crippen LogP contribution in [-0.2, 0) is 0 Å². The molecule has 0 spiro atoms. The highest BCUT2D eigenvalue weighted by Gasteiger charge is 2.20. The first kappa shape index (κ1) is 17.2. The number of rotatable bonds is 4. The molecule has 0 atom stereocenters. The van der Waals surface area contributed by atoms with Gasteiger partial charge in [0, 0.05) is 23.5 Å². The number of aryl methyl sites for hydroxylation is 3. The molecule has 0 radical (unpaired) electrons. The Labute approximate surface area is 152 Å². The lowest BCUT2D eigenvalue weighted by atomic mass is 9.99. The monoisotopic (exact) mass is 359 g/mol. The smallest absolute Gasteiger partial charge is 0.225 e. The van der Waals surface area contributed by atoms with Crippen molar-refractivity contribution in [2.45, 2.75) is 34.6 Å². The highest BCUT2D eigenvalue weighted by atomic mass is 35.5. The van der Waals surface area contributed by atoms with E-state index in [1.54, 1.807) is 11.3 Å². The maximum absolute atomic E-state index is 6.19. The standard InChI is InChI=1S/C19H22ClN3S/c1-6-23(7-2)17-16-15(14-9-8-11(3)12(4)10-14)13(5)24-18(16)22-19(20)21-17/h8-10H,6-7H2,1-5H3. The summed E-state index contributed by atoms with van der Waals surface area (Å²) in [5, 5.41) is 1.44. The lowest BCUT2D eigenvalue weighted by molar-refractivity contribution is 0.849. The van der Waals surface area contributed by atoms with Crippen LogP contribution in [0.5, 0.6) is 0 Å². The van der Waals surface area contributed by atoms with Crippen molar-refractivity contribution in [3.05, 3.63) is 39.5 Å². The number of anilines is 1. The van der Waals surface area contributed by atoms with Crippen molar-refractivity contribution in [2.24, 2.45) is 0 Å². The molecule has 0 unspecified atom stereocenters. The molecule has 2 aromatic heterocycles. The zero-order valence-corrected chi connectivity index (χ0v) is 16.3. The molecule has 0 fully saturated rings. The van der Waals surface area contributed by atoms with Crippen molar-refractivity contribution in [1.82, 2.24) is 9.97 Å². The molecule has 0 N–H and O–H groups in total. The number of hydrogen-bond acceptors (Lipinski definition) is 4. The summed E-state index contributed by atoms with van der Waals surface area (Å²) in [5.41, 5.74) is 5.06. The van der Waals surface area contributed by atoms with Crippen molar-refractivity contribution in [1.29, 1.82) is 0 Å². The highest BCUT2D eigenvalue weighted by Crippen LogP contribution is 2.42. The maximum atomic E-state index is 6.19. The number of benzene rings is 1. The van der Waals surface area contributed by atoms with Gasteiger partial charge < -0.3 is 4.90 Å². The number of hydrogen-bond donors (Lipinski definition) is 0. The zero-order chi connectivity index (χ0) is 17.4. The molecule has 24 heavy (non-hydrogen) atoms. The van der Waals surface area contributed by atoms with Crippen molar-refractivity contribution >= 4 is 39.0 Å². The summed E-state index contributed by atoms with van der Waals surface area (Å²) in [7, 11) is 0. The van der Waals surface area contributed by atoms with Crippen molar-refractivity contribution < 1.29 is 0 Å². The first-order valence-electron chi connectivity index (χ1n) is 8.25. The second-order valence-corrected chi connectivity index (χ2v) is 7.54. The van der Waals surface area contributed by atoms with Crippen LogP contribution in [0.15, 0.2) is 18.2 Å². The van der Waals surface area contributed by atoms with Gasteiger partial charge in [-0.25, -0.2) is 4.98 Å². The molecule has 0 aliphatic heterocycles. The largest absolute Gasteiger partial charge is 0.356 e. The number of fused-ring (bicyclic) bond motifs is 1. The number of halogens is 1. The van der Waals surface area contributed by atoms with Gasteiger partial charge >= 0.3 is 0 Å². The molecule has 5 heteroatoms. The van der Waals surface area contributed by atoms with Gasteiger partial charge in [0.1, 0.15) is 10.6 Å². The fraction of sp³-hybridized carbons (Fsp3) is 0.368. The van der Waals surface area contributed by atoms with Gasteiger partial charge in [-0.15, -0.1) is 11.3 Å². The SMILES string of the molecule is CCN(CC)c1nc(Cl)nc2sc(C)c(-c3ccc(C)c(C)c3)c12. The summed E-state index contributed by atoms with van der Waals surface area (Å²) in [6.07, 6.45) is 0. The molecule has 2 heterocycles. The predicted molar refractivity (Wildman–Crippen MR) is 106 cm³/mol. The Morgan fingerprint density at radius 2 is 1.75 bits per heavy atom. The Balaban J connectivity index is 2.35. The summed E-state index contributed by atoms with van der Waals surface area (Å²) >= 11 is 7.88. The molecule has 0 saturated carbocycles. The minimum atomic E-state index is 0.317. The normalized spacial score (nSPS) is 11.2. The van der Waals surface area contributed by atoms with E-state index in [0.29, 0.717) is 5.28 Å². The third-order valence-corrected chi connectivity index (χ3v) is 5.71. The van der Waals surface area contributed by atoms with Gasteiger partial charge in [0.25, 0.3) is 0 Å². The van der Waals surface area contributed by atoms with Gasteiger partial charge in [0.15, 0.2) is 0 Å². The van der Waals surface area contributed by atoms with E-state index in [-0.39, 0.29) is 0 Å². The fourth-order valence-electron chi connectivity index (χ4n) is 3.06. The van der Waals surface area contributed by atoms with E-state index in [4.69, 9.17) is 11.6 Å². The van der Waals surface area contributed by atoms with Gasteiger partial charge in [-0.2, -0.15) is 4.98 Å². The van der Waals surface area contributed by atoms with E-state index in [1.807, 2.05) is 0 Å². The molecule has 0 amide bonds. The maximum Gasteiger partial charge on any atom is 0.225 e. The van der Waals surface area contributed by atoms with Gasteiger partial charge in [-0.05, 0) is 62.9 Å². The Hall–Kier alpha value is -1.65. The Kier molecular flexibility index (Phi) is 4.79. The van der Waals surface area contributed by atoms with Crippen LogP contribution in [0.2, 0.25) is 5.28 Å². The van der Waals surface area contributed by atoms with Gasteiger partial charge in [0.2, 0.25) is 5.28 Å². The van der Waals surface area contributed by atoms with Crippen molar-refractivity contribution in [3.8, 4) is 11.1 Å². The lowest BCUT2D eigenvalue weighted by Crippen LogP contribution is -2.23. The molecular weight excluding hydrogens is 338 g/mol. The second-order valence-electron chi connectivity index (χ2n) is 6.00. The van der Waals surface area contributed by atoms with Crippen LogP contribution in [0.25, 0.3) is 21.3 Å². The quantitative estimate of drug-likeness (QED) is 0.552. The Morgan fingerprint density at radius 3 is 2.38 bits per heavy atom. The zero-order valence-electron chi connectivity index (χ0n) is 14.8. The summed E-state index contributed by atoms with van der Waals surface area (Å²) in [6.45, 7) is 12.5.